The van der Waals surface area contributed by atoms with E-state index in [2.05, 4.69) is 36.0 Å². The molecule has 0 aliphatic carbocycles. The molecule has 0 amide bonds. The standard InChI is InChI=1S/C13H25N3S/c1-4-16-6-5-11(8-16)7-14-12-15-9-13(2,3)10-17-12/h11H,4-10H2,1-3H3,(H,14,15). The van der Waals surface area contributed by atoms with Gasteiger partial charge in [-0.1, -0.05) is 32.5 Å². The van der Waals surface area contributed by atoms with Gasteiger partial charge in [0.05, 0.1) is 0 Å². The molecule has 2 rings (SSSR count). The first-order valence-corrected chi connectivity index (χ1v) is 7.71. The molecule has 0 saturated carbocycles. The van der Waals surface area contributed by atoms with E-state index in [9.17, 15) is 0 Å². The van der Waals surface area contributed by atoms with Gasteiger partial charge in [-0.25, -0.2) is 0 Å². The number of amidine groups is 1. The minimum Gasteiger partial charge on any atom is -0.365 e. The Morgan fingerprint density at radius 3 is 2.94 bits per heavy atom. The summed E-state index contributed by atoms with van der Waals surface area (Å²) < 4.78 is 0. The van der Waals surface area contributed by atoms with Crippen LogP contribution in [0.3, 0.4) is 0 Å². The molecule has 0 aromatic heterocycles. The maximum Gasteiger partial charge on any atom is 0.156 e. The van der Waals surface area contributed by atoms with Gasteiger partial charge in [-0.3, -0.25) is 4.99 Å². The average Bonchev–Trinajstić information content (AvgIpc) is 2.75. The highest BCUT2D eigenvalue weighted by Crippen LogP contribution is 2.27. The fourth-order valence-electron chi connectivity index (χ4n) is 2.35. The monoisotopic (exact) mass is 255 g/mol. The van der Waals surface area contributed by atoms with E-state index >= 15 is 0 Å². The van der Waals surface area contributed by atoms with E-state index in [0.717, 1.165) is 19.0 Å². The summed E-state index contributed by atoms with van der Waals surface area (Å²) in [5.41, 5.74) is 0.377. The van der Waals surface area contributed by atoms with E-state index in [0.29, 0.717) is 5.41 Å². The lowest BCUT2D eigenvalue weighted by molar-refractivity contribution is 0.342. The van der Waals surface area contributed by atoms with Gasteiger partial charge in [-0.15, -0.1) is 0 Å². The van der Waals surface area contributed by atoms with Crippen molar-refractivity contribution in [3.05, 3.63) is 0 Å². The Bertz CT molecular complexity index is 288. The van der Waals surface area contributed by atoms with Crippen LogP contribution in [0.25, 0.3) is 0 Å². The van der Waals surface area contributed by atoms with Crippen molar-refractivity contribution in [2.75, 3.05) is 38.5 Å². The highest BCUT2D eigenvalue weighted by Gasteiger charge is 2.25. The van der Waals surface area contributed by atoms with Crippen molar-refractivity contribution in [3.8, 4) is 0 Å². The number of thioether (sulfide) groups is 1. The van der Waals surface area contributed by atoms with Crippen LogP contribution in [-0.4, -0.2) is 48.5 Å². The first-order valence-electron chi connectivity index (χ1n) is 6.72. The molecule has 1 N–H and O–H groups in total. The van der Waals surface area contributed by atoms with Crippen LogP contribution in [0.2, 0.25) is 0 Å². The Hall–Kier alpha value is -0.220. The maximum absolute atomic E-state index is 4.64. The molecule has 2 aliphatic rings. The predicted octanol–water partition coefficient (Wildman–Crippen LogP) is 2.05. The molecule has 1 saturated heterocycles. The van der Waals surface area contributed by atoms with Crippen molar-refractivity contribution in [3.63, 3.8) is 0 Å². The lowest BCUT2D eigenvalue weighted by Gasteiger charge is -2.27. The number of likely N-dealkylation sites (tertiary alicyclic amines) is 1. The van der Waals surface area contributed by atoms with Gasteiger partial charge in [0, 0.05) is 25.4 Å². The maximum atomic E-state index is 4.64. The number of rotatable bonds is 3. The van der Waals surface area contributed by atoms with Crippen LogP contribution in [0, 0.1) is 11.3 Å². The summed E-state index contributed by atoms with van der Waals surface area (Å²) in [7, 11) is 0. The topological polar surface area (TPSA) is 27.6 Å². The first kappa shape index (κ1) is 13.2. The van der Waals surface area contributed by atoms with E-state index in [4.69, 9.17) is 0 Å². The molecule has 0 spiro atoms. The average molecular weight is 255 g/mol. The second-order valence-corrected chi connectivity index (χ2v) is 6.97. The summed E-state index contributed by atoms with van der Waals surface area (Å²) >= 11 is 1.89. The molecule has 2 aliphatic heterocycles. The van der Waals surface area contributed by atoms with Crippen LogP contribution in [0.5, 0.6) is 0 Å². The normalized spacial score (nSPS) is 29.1. The molecule has 1 atom stereocenters. The van der Waals surface area contributed by atoms with Crippen LogP contribution >= 0.6 is 11.8 Å². The summed E-state index contributed by atoms with van der Waals surface area (Å²) in [5.74, 6) is 2.00. The van der Waals surface area contributed by atoms with Crippen molar-refractivity contribution >= 4 is 16.9 Å². The van der Waals surface area contributed by atoms with Crippen LogP contribution in [0.1, 0.15) is 27.2 Å². The highest BCUT2D eigenvalue weighted by atomic mass is 32.2. The van der Waals surface area contributed by atoms with Gasteiger partial charge in [0.2, 0.25) is 0 Å². The van der Waals surface area contributed by atoms with Gasteiger partial charge in [-0.2, -0.15) is 0 Å². The molecule has 3 nitrogen and oxygen atoms in total. The number of aliphatic imine (C=N–C) groups is 1. The first-order chi connectivity index (χ1) is 8.09. The lowest BCUT2D eigenvalue weighted by Crippen LogP contribution is -2.34. The molecule has 17 heavy (non-hydrogen) atoms. The van der Waals surface area contributed by atoms with E-state index in [-0.39, 0.29) is 0 Å². The second kappa shape index (κ2) is 5.61. The second-order valence-electron chi connectivity index (χ2n) is 6.00. The highest BCUT2D eigenvalue weighted by molar-refractivity contribution is 8.13. The fraction of sp³-hybridized carbons (Fsp3) is 0.923. The van der Waals surface area contributed by atoms with Crippen molar-refractivity contribution < 1.29 is 0 Å². The van der Waals surface area contributed by atoms with Crippen LogP contribution in [-0.2, 0) is 0 Å². The van der Waals surface area contributed by atoms with Crippen molar-refractivity contribution in [2.45, 2.75) is 27.2 Å². The summed E-state index contributed by atoms with van der Waals surface area (Å²) in [6, 6.07) is 0. The minimum absolute atomic E-state index is 0.377. The van der Waals surface area contributed by atoms with Gasteiger partial charge < -0.3 is 10.2 Å². The zero-order valence-electron chi connectivity index (χ0n) is 11.3. The number of nitrogens with one attached hydrogen (secondary N) is 1. The predicted molar refractivity (Wildman–Crippen MR) is 76.8 cm³/mol. The molecule has 0 radical (unpaired) electrons. The summed E-state index contributed by atoms with van der Waals surface area (Å²) in [6.45, 7) is 12.6. The van der Waals surface area contributed by atoms with E-state index in [1.807, 2.05) is 11.8 Å². The summed E-state index contributed by atoms with van der Waals surface area (Å²) in [5, 5.41) is 4.70. The molecule has 2 heterocycles. The third-order valence-corrected chi connectivity index (χ3v) is 5.08. The largest absolute Gasteiger partial charge is 0.365 e. The molecule has 98 valence electrons. The van der Waals surface area contributed by atoms with Crippen LogP contribution in [0.15, 0.2) is 4.99 Å². The van der Waals surface area contributed by atoms with Gasteiger partial charge in [-0.05, 0) is 30.8 Å². The molecule has 0 bridgehead atoms. The fourth-order valence-corrected chi connectivity index (χ4v) is 3.31. The van der Waals surface area contributed by atoms with E-state index < -0.39 is 0 Å². The molecule has 4 heteroatoms. The van der Waals surface area contributed by atoms with Crippen LogP contribution in [0.4, 0.5) is 0 Å². The van der Waals surface area contributed by atoms with Crippen molar-refractivity contribution in [1.29, 1.82) is 0 Å². The van der Waals surface area contributed by atoms with Gasteiger partial charge >= 0.3 is 0 Å². The Balaban J connectivity index is 1.71. The van der Waals surface area contributed by atoms with Crippen molar-refractivity contribution in [1.82, 2.24) is 10.2 Å². The Morgan fingerprint density at radius 1 is 1.53 bits per heavy atom. The molecule has 1 unspecified atom stereocenters. The minimum atomic E-state index is 0.377. The van der Waals surface area contributed by atoms with Gasteiger partial charge in [0.1, 0.15) is 0 Å². The van der Waals surface area contributed by atoms with Crippen molar-refractivity contribution in [2.24, 2.45) is 16.3 Å². The number of hydrogen-bond donors (Lipinski definition) is 1. The van der Waals surface area contributed by atoms with Gasteiger partial charge in [0.25, 0.3) is 0 Å². The summed E-state index contributed by atoms with van der Waals surface area (Å²) in [4.78, 5) is 7.17. The van der Waals surface area contributed by atoms with E-state index in [1.165, 1.54) is 37.0 Å². The SMILES string of the molecule is CCN1CCC(CNC2=NCC(C)(C)CS2)C1. The van der Waals surface area contributed by atoms with Gasteiger partial charge in [0.15, 0.2) is 5.17 Å². The third-order valence-electron chi connectivity index (χ3n) is 3.61. The molecular formula is C13H25N3S. The van der Waals surface area contributed by atoms with Crippen LogP contribution < -0.4 is 5.32 Å². The quantitative estimate of drug-likeness (QED) is 0.836. The Kier molecular flexibility index (Phi) is 4.36. The zero-order chi connectivity index (χ0) is 12.3. The Morgan fingerprint density at radius 2 is 2.35 bits per heavy atom. The summed E-state index contributed by atoms with van der Waals surface area (Å²) in [6.07, 6.45) is 1.34. The lowest BCUT2D eigenvalue weighted by atomic mass is 9.97. The Labute approximate surface area is 109 Å². The molecular weight excluding hydrogens is 230 g/mol. The number of hydrogen-bond acceptors (Lipinski definition) is 4. The zero-order valence-corrected chi connectivity index (χ0v) is 12.1. The molecule has 1 fully saturated rings. The third kappa shape index (κ3) is 3.88. The smallest absolute Gasteiger partial charge is 0.156 e. The molecule has 0 aromatic carbocycles. The van der Waals surface area contributed by atoms with E-state index in [1.54, 1.807) is 0 Å². The molecule has 0 aromatic rings. The number of nitrogens with zero attached hydrogens (tertiary/aromatic N) is 2.